The summed E-state index contributed by atoms with van der Waals surface area (Å²) in [6.45, 7) is 4.88. The van der Waals surface area contributed by atoms with Gasteiger partial charge in [0.25, 0.3) is 0 Å². The molecule has 0 saturated carbocycles. The lowest BCUT2D eigenvalue weighted by molar-refractivity contribution is -0.130. The Morgan fingerprint density at radius 1 is 0.848 bits per heavy atom. The fraction of sp³-hybridized carbons (Fsp3) is 0.269. The number of hydrogen-bond acceptors (Lipinski definition) is 4. The molecule has 1 N–H and O–H groups in total. The maximum atomic E-state index is 12.7. The Balaban J connectivity index is 1.29. The van der Waals surface area contributed by atoms with Gasteiger partial charge >= 0.3 is 0 Å². The number of aryl methyl sites for hydroxylation is 1. The number of hydrogen-bond donors (Lipinski definition) is 1. The van der Waals surface area contributed by atoms with Crippen LogP contribution in [-0.2, 0) is 27.0 Å². The number of anilines is 2. The predicted molar refractivity (Wildman–Crippen MR) is 133 cm³/mol. The largest absolute Gasteiger partial charge is 0.368 e. The van der Waals surface area contributed by atoms with Crippen molar-refractivity contribution in [3.63, 3.8) is 0 Å². The molecule has 1 saturated heterocycles. The van der Waals surface area contributed by atoms with Gasteiger partial charge in [-0.1, -0.05) is 60.2 Å². The van der Waals surface area contributed by atoms with Gasteiger partial charge < -0.3 is 9.80 Å². The fourth-order valence-electron chi connectivity index (χ4n) is 4.07. The quantitative estimate of drug-likeness (QED) is 0.578. The Labute approximate surface area is 195 Å². The highest BCUT2D eigenvalue weighted by Crippen LogP contribution is 2.21. The number of piperazine rings is 1. The monoisotopic (exact) mass is 463 g/mol. The van der Waals surface area contributed by atoms with Gasteiger partial charge in [0.05, 0.1) is 12.2 Å². The van der Waals surface area contributed by atoms with Crippen molar-refractivity contribution in [3.05, 3.63) is 95.6 Å². The van der Waals surface area contributed by atoms with E-state index in [1.807, 2.05) is 60.4 Å². The lowest BCUT2D eigenvalue weighted by atomic mass is 10.1. The maximum Gasteiger partial charge on any atom is 0.236 e. The second-order valence-corrected chi connectivity index (χ2v) is 10.1. The summed E-state index contributed by atoms with van der Waals surface area (Å²) >= 11 is 0. The van der Waals surface area contributed by atoms with Crippen LogP contribution in [-0.4, -0.2) is 45.4 Å². The van der Waals surface area contributed by atoms with Gasteiger partial charge in [-0.3, -0.25) is 9.52 Å². The molecule has 4 rings (SSSR count). The van der Waals surface area contributed by atoms with E-state index in [2.05, 4.69) is 15.7 Å². The Morgan fingerprint density at radius 3 is 2.18 bits per heavy atom. The summed E-state index contributed by atoms with van der Waals surface area (Å²) in [6, 6.07) is 24.6. The zero-order valence-corrected chi connectivity index (χ0v) is 19.6. The summed E-state index contributed by atoms with van der Waals surface area (Å²) < 4.78 is 27.5. The van der Waals surface area contributed by atoms with Crippen molar-refractivity contribution in [1.29, 1.82) is 0 Å². The minimum absolute atomic E-state index is 0.0614. The van der Waals surface area contributed by atoms with Crippen molar-refractivity contribution in [3.8, 4) is 0 Å². The fourth-order valence-corrected chi connectivity index (χ4v) is 5.27. The lowest BCUT2D eigenvalue weighted by Gasteiger charge is -2.36. The highest BCUT2D eigenvalue weighted by molar-refractivity contribution is 7.91. The van der Waals surface area contributed by atoms with E-state index >= 15 is 0 Å². The topological polar surface area (TPSA) is 69.7 Å². The van der Waals surface area contributed by atoms with E-state index in [1.165, 1.54) is 0 Å². The van der Waals surface area contributed by atoms with Crippen LogP contribution < -0.4 is 9.62 Å². The highest BCUT2D eigenvalue weighted by Gasteiger charge is 2.21. The molecule has 0 spiro atoms. The molecule has 1 aliphatic rings. The molecule has 1 amide bonds. The van der Waals surface area contributed by atoms with E-state index < -0.39 is 10.0 Å². The van der Waals surface area contributed by atoms with Gasteiger partial charge in [0.2, 0.25) is 15.9 Å². The number of carbonyl (C=O) groups excluding carboxylic acids is 1. The van der Waals surface area contributed by atoms with Crippen LogP contribution in [0.4, 0.5) is 11.4 Å². The Morgan fingerprint density at radius 2 is 1.52 bits per heavy atom. The van der Waals surface area contributed by atoms with Crippen LogP contribution in [0.2, 0.25) is 0 Å². The van der Waals surface area contributed by atoms with Crippen LogP contribution in [0.5, 0.6) is 0 Å². The van der Waals surface area contributed by atoms with Crippen LogP contribution in [0.1, 0.15) is 16.7 Å². The van der Waals surface area contributed by atoms with Crippen molar-refractivity contribution < 1.29 is 13.2 Å². The molecule has 1 aliphatic heterocycles. The van der Waals surface area contributed by atoms with Crippen LogP contribution in [0.3, 0.4) is 0 Å². The second kappa shape index (κ2) is 10.1. The first-order chi connectivity index (χ1) is 15.9. The number of amides is 1. The SMILES string of the molecule is Cc1cccc(CC(=O)N2CCN(c3ccc(NS(=O)(=O)Cc4ccccc4)cc3)CC2)c1. The number of benzene rings is 3. The van der Waals surface area contributed by atoms with Gasteiger partial charge in [-0.15, -0.1) is 0 Å². The first kappa shape index (κ1) is 22.9. The van der Waals surface area contributed by atoms with Gasteiger partial charge in [0.15, 0.2) is 0 Å². The minimum Gasteiger partial charge on any atom is -0.368 e. The normalized spacial score (nSPS) is 14.2. The molecular formula is C26H29N3O3S. The second-order valence-electron chi connectivity index (χ2n) is 8.43. The zero-order chi connectivity index (χ0) is 23.3. The Bertz CT molecular complexity index is 1190. The van der Waals surface area contributed by atoms with Crippen LogP contribution >= 0.6 is 0 Å². The maximum absolute atomic E-state index is 12.7. The van der Waals surface area contributed by atoms with Crippen LogP contribution in [0.15, 0.2) is 78.9 Å². The summed E-state index contributed by atoms with van der Waals surface area (Å²) in [5, 5.41) is 0. The number of nitrogens with one attached hydrogen (secondary N) is 1. The molecule has 1 fully saturated rings. The van der Waals surface area contributed by atoms with E-state index in [0.717, 1.165) is 35.5 Å². The molecular weight excluding hydrogens is 434 g/mol. The predicted octanol–water partition coefficient (Wildman–Crippen LogP) is 3.83. The summed E-state index contributed by atoms with van der Waals surface area (Å²) in [6.07, 6.45) is 0.430. The van der Waals surface area contributed by atoms with E-state index in [9.17, 15) is 13.2 Å². The molecule has 172 valence electrons. The van der Waals surface area contributed by atoms with Gasteiger partial charge in [-0.05, 0) is 42.3 Å². The van der Waals surface area contributed by atoms with Gasteiger partial charge in [0.1, 0.15) is 0 Å². The van der Waals surface area contributed by atoms with E-state index in [0.29, 0.717) is 25.2 Å². The lowest BCUT2D eigenvalue weighted by Crippen LogP contribution is -2.49. The third kappa shape index (κ3) is 6.35. The molecule has 0 unspecified atom stereocenters. The van der Waals surface area contributed by atoms with Crippen LogP contribution in [0, 0.1) is 6.92 Å². The molecule has 33 heavy (non-hydrogen) atoms. The van der Waals surface area contributed by atoms with Crippen molar-refractivity contribution in [2.24, 2.45) is 0 Å². The summed E-state index contributed by atoms with van der Waals surface area (Å²) in [4.78, 5) is 16.8. The van der Waals surface area contributed by atoms with Gasteiger partial charge in [-0.2, -0.15) is 0 Å². The molecule has 0 bridgehead atoms. The Hall–Kier alpha value is -3.32. The molecule has 0 radical (unpaired) electrons. The molecule has 6 nitrogen and oxygen atoms in total. The van der Waals surface area contributed by atoms with Crippen LogP contribution in [0.25, 0.3) is 0 Å². The first-order valence-electron chi connectivity index (χ1n) is 11.1. The molecule has 3 aromatic rings. The smallest absolute Gasteiger partial charge is 0.236 e. The molecule has 7 heteroatoms. The molecule has 0 atom stereocenters. The number of sulfonamides is 1. The average molecular weight is 464 g/mol. The summed E-state index contributed by atoms with van der Waals surface area (Å²) in [5.41, 5.74) is 4.52. The van der Waals surface area contributed by atoms with E-state index in [1.54, 1.807) is 24.3 Å². The summed E-state index contributed by atoms with van der Waals surface area (Å²) in [7, 11) is -3.48. The van der Waals surface area contributed by atoms with E-state index in [-0.39, 0.29) is 11.7 Å². The Kier molecular flexibility index (Phi) is 6.99. The minimum atomic E-state index is -3.48. The standard InChI is InChI=1S/C26H29N3O3S/c1-21-6-5-9-23(18-21)19-26(30)29-16-14-28(15-17-29)25-12-10-24(11-13-25)27-33(31,32)20-22-7-3-2-4-8-22/h2-13,18,27H,14-17,19-20H2,1H3. The third-order valence-electron chi connectivity index (χ3n) is 5.78. The third-order valence-corrected chi connectivity index (χ3v) is 7.04. The molecule has 0 aromatic heterocycles. The van der Waals surface area contributed by atoms with Gasteiger partial charge in [0, 0.05) is 37.6 Å². The van der Waals surface area contributed by atoms with Gasteiger partial charge in [-0.25, -0.2) is 8.42 Å². The molecule has 1 heterocycles. The summed E-state index contributed by atoms with van der Waals surface area (Å²) in [5.74, 6) is 0.0946. The first-order valence-corrected chi connectivity index (χ1v) is 12.8. The van der Waals surface area contributed by atoms with Crippen molar-refractivity contribution in [1.82, 2.24) is 4.90 Å². The molecule has 0 aliphatic carbocycles. The van der Waals surface area contributed by atoms with E-state index in [4.69, 9.17) is 0 Å². The molecule has 3 aromatic carbocycles. The number of carbonyl (C=O) groups is 1. The average Bonchev–Trinajstić information content (AvgIpc) is 2.80. The number of rotatable bonds is 7. The number of nitrogens with zero attached hydrogens (tertiary/aromatic N) is 2. The van der Waals surface area contributed by atoms with Crippen molar-refractivity contribution in [2.75, 3.05) is 35.8 Å². The highest BCUT2D eigenvalue weighted by atomic mass is 32.2. The van der Waals surface area contributed by atoms with Crippen molar-refractivity contribution >= 4 is 27.3 Å². The van der Waals surface area contributed by atoms with Crippen molar-refractivity contribution in [2.45, 2.75) is 19.1 Å². The zero-order valence-electron chi connectivity index (χ0n) is 18.8.